The topological polar surface area (TPSA) is 52.9 Å². The first-order chi connectivity index (χ1) is 15.7. The van der Waals surface area contributed by atoms with Crippen LogP contribution in [0.15, 0.2) is 35.5 Å². The zero-order chi connectivity index (χ0) is 23.8. The number of rotatable bonds is 6. The molecule has 33 heavy (non-hydrogen) atoms. The van der Waals surface area contributed by atoms with Crippen molar-refractivity contribution < 1.29 is 23.7 Å². The lowest BCUT2D eigenvalue weighted by Crippen LogP contribution is -2.39. The summed E-state index contributed by atoms with van der Waals surface area (Å²) in [7, 11) is 0. The van der Waals surface area contributed by atoms with Gasteiger partial charge in [-0.05, 0) is 79.3 Å². The Kier molecular flexibility index (Phi) is 7.79. The smallest absolute Gasteiger partial charge is 0.345 e. The van der Waals surface area contributed by atoms with Gasteiger partial charge in [0.1, 0.15) is 0 Å². The molecule has 2 N–H and O–H groups in total. The van der Waals surface area contributed by atoms with Gasteiger partial charge in [0.25, 0.3) is 0 Å². The predicted molar refractivity (Wildman–Crippen MR) is 126 cm³/mol. The van der Waals surface area contributed by atoms with Gasteiger partial charge in [0.05, 0.1) is 18.3 Å². The minimum Gasteiger partial charge on any atom is -0.393 e. The quantitative estimate of drug-likeness (QED) is 0.575. The van der Waals surface area contributed by atoms with Crippen molar-refractivity contribution in [2.24, 2.45) is 23.2 Å². The molecule has 4 nitrogen and oxygen atoms in total. The first-order valence-electron chi connectivity index (χ1n) is 12.8. The highest BCUT2D eigenvalue weighted by Gasteiger charge is 2.51. The number of likely N-dealkylation sites (tertiary alicyclic amines) is 1. The molecule has 0 radical (unpaired) electrons. The molecular formula is C27H41F2NO3. The van der Waals surface area contributed by atoms with E-state index in [0.29, 0.717) is 43.6 Å². The standard InChI is InChI=1S/C27H41F2NO3/c1-17(15-30-12-10-22(16-30)33-26(28)29)23-8-9-24-19(5-4-11-27(23,24)3)6-7-20-13-21(31)14-25(32)18(20)2/h6-7,17,21-26,31-32H,2,4-5,8-16H2,1,3H3/t17?,21-,22?,23-,24+,25+,27-/m1/s1. The van der Waals surface area contributed by atoms with Crippen LogP contribution in [0.2, 0.25) is 0 Å². The first-order valence-corrected chi connectivity index (χ1v) is 12.8. The molecule has 0 aromatic heterocycles. The third-order valence-electron chi connectivity index (χ3n) is 9.06. The molecule has 0 aromatic carbocycles. The minimum atomic E-state index is -2.68. The van der Waals surface area contributed by atoms with E-state index in [1.807, 2.05) is 0 Å². The average Bonchev–Trinajstić information content (AvgIpc) is 3.32. The Morgan fingerprint density at radius 2 is 2.03 bits per heavy atom. The molecule has 186 valence electrons. The maximum Gasteiger partial charge on any atom is 0.345 e. The lowest BCUT2D eigenvalue weighted by Gasteiger charge is -2.45. The Balaban J connectivity index is 1.42. The molecule has 3 aliphatic carbocycles. The Labute approximate surface area is 197 Å². The monoisotopic (exact) mass is 465 g/mol. The molecule has 0 bridgehead atoms. The van der Waals surface area contributed by atoms with Crippen molar-refractivity contribution in [2.75, 3.05) is 19.6 Å². The van der Waals surface area contributed by atoms with Gasteiger partial charge < -0.3 is 19.8 Å². The van der Waals surface area contributed by atoms with Crippen LogP contribution in [0.25, 0.3) is 0 Å². The SMILES string of the molecule is C=C1C(=CC=C2CCC[C@]3(C)[C@@H](C(C)CN4CCC(OC(F)F)C4)CC[C@@H]23)C[C@@H](O)C[C@@H]1O. The van der Waals surface area contributed by atoms with Crippen molar-refractivity contribution in [3.05, 3.63) is 35.5 Å². The fourth-order valence-electron chi connectivity index (χ4n) is 7.43. The van der Waals surface area contributed by atoms with Crippen molar-refractivity contribution in [3.8, 4) is 0 Å². The molecule has 7 atom stereocenters. The molecule has 6 heteroatoms. The number of aliphatic hydroxyl groups excluding tert-OH is 2. The van der Waals surface area contributed by atoms with E-state index in [4.69, 9.17) is 4.74 Å². The van der Waals surface area contributed by atoms with Crippen LogP contribution in [0, 0.1) is 23.2 Å². The maximum atomic E-state index is 12.6. The average molecular weight is 466 g/mol. The van der Waals surface area contributed by atoms with E-state index in [1.54, 1.807) is 0 Å². The number of hydrogen-bond donors (Lipinski definition) is 2. The number of hydrogen-bond acceptors (Lipinski definition) is 4. The van der Waals surface area contributed by atoms with Gasteiger partial charge in [-0.3, -0.25) is 0 Å². The van der Waals surface area contributed by atoms with E-state index in [0.717, 1.165) is 30.7 Å². The first kappa shape index (κ1) is 25.0. The third kappa shape index (κ3) is 5.44. The van der Waals surface area contributed by atoms with E-state index in [1.165, 1.54) is 31.3 Å². The summed E-state index contributed by atoms with van der Waals surface area (Å²) in [5.41, 5.74) is 3.48. The summed E-state index contributed by atoms with van der Waals surface area (Å²) in [5.74, 6) is 1.71. The second kappa shape index (κ2) is 10.3. The second-order valence-electron chi connectivity index (χ2n) is 11.2. The van der Waals surface area contributed by atoms with Crippen LogP contribution in [0.1, 0.15) is 65.2 Å². The molecule has 0 amide bonds. The normalized spacial score (nSPS) is 41.3. The van der Waals surface area contributed by atoms with E-state index < -0.39 is 18.8 Å². The number of ether oxygens (including phenoxy) is 1. The van der Waals surface area contributed by atoms with Gasteiger partial charge in [0.15, 0.2) is 0 Å². The number of halogens is 2. The van der Waals surface area contributed by atoms with E-state index in [9.17, 15) is 19.0 Å². The highest BCUT2D eigenvalue weighted by Crippen LogP contribution is 2.59. The molecule has 0 spiro atoms. The number of nitrogens with zero attached hydrogens (tertiary/aromatic N) is 1. The van der Waals surface area contributed by atoms with Gasteiger partial charge in [-0.2, -0.15) is 8.78 Å². The van der Waals surface area contributed by atoms with Crippen molar-refractivity contribution in [1.82, 2.24) is 4.90 Å². The molecule has 0 aromatic rings. The highest BCUT2D eigenvalue weighted by atomic mass is 19.3. The Hall–Kier alpha value is -1.08. The summed E-state index contributed by atoms with van der Waals surface area (Å²) in [4.78, 5) is 2.31. The van der Waals surface area contributed by atoms with Gasteiger partial charge in [0.2, 0.25) is 0 Å². The van der Waals surface area contributed by atoms with Crippen LogP contribution < -0.4 is 0 Å². The molecule has 3 saturated carbocycles. The second-order valence-corrected chi connectivity index (χ2v) is 11.2. The summed E-state index contributed by atoms with van der Waals surface area (Å²) in [6.45, 7) is 8.58. The Morgan fingerprint density at radius 1 is 1.24 bits per heavy atom. The van der Waals surface area contributed by atoms with Crippen LogP contribution in [0.4, 0.5) is 8.78 Å². The summed E-state index contributed by atoms with van der Waals surface area (Å²) >= 11 is 0. The molecule has 1 aliphatic heterocycles. The summed E-state index contributed by atoms with van der Waals surface area (Å²) < 4.78 is 29.9. The fraction of sp³-hybridized carbons (Fsp3) is 0.778. The number of allylic oxidation sites excluding steroid dienone is 3. The Morgan fingerprint density at radius 3 is 2.79 bits per heavy atom. The van der Waals surface area contributed by atoms with Crippen LogP contribution in [0.3, 0.4) is 0 Å². The lowest BCUT2D eigenvalue weighted by atomic mass is 9.61. The summed E-state index contributed by atoms with van der Waals surface area (Å²) in [5, 5.41) is 20.2. The predicted octanol–water partition coefficient (Wildman–Crippen LogP) is 5.08. The molecule has 1 saturated heterocycles. The fourth-order valence-corrected chi connectivity index (χ4v) is 7.43. The van der Waals surface area contributed by atoms with Crippen molar-refractivity contribution in [2.45, 2.75) is 90.1 Å². The van der Waals surface area contributed by atoms with Crippen LogP contribution in [-0.2, 0) is 4.74 Å². The van der Waals surface area contributed by atoms with E-state index in [2.05, 4.69) is 37.5 Å². The molecule has 4 aliphatic rings. The van der Waals surface area contributed by atoms with Crippen LogP contribution in [-0.4, -0.2) is 59.7 Å². The van der Waals surface area contributed by atoms with E-state index >= 15 is 0 Å². The molecule has 1 heterocycles. The lowest BCUT2D eigenvalue weighted by molar-refractivity contribution is -0.158. The van der Waals surface area contributed by atoms with Gasteiger partial charge >= 0.3 is 6.61 Å². The van der Waals surface area contributed by atoms with Crippen LogP contribution >= 0.6 is 0 Å². The number of alkyl halides is 2. The maximum absolute atomic E-state index is 12.6. The summed E-state index contributed by atoms with van der Waals surface area (Å²) in [6, 6.07) is 0. The number of fused-ring (bicyclic) bond motifs is 1. The van der Waals surface area contributed by atoms with Crippen molar-refractivity contribution in [3.63, 3.8) is 0 Å². The molecule has 4 fully saturated rings. The molecule has 4 rings (SSSR count). The molecular weight excluding hydrogens is 424 g/mol. The molecule has 2 unspecified atom stereocenters. The van der Waals surface area contributed by atoms with Crippen molar-refractivity contribution >= 4 is 0 Å². The highest BCUT2D eigenvalue weighted by molar-refractivity contribution is 5.38. The largest absolute Gasteiger partial charge is 0.393 e. The van der Waals surface area contributed by atoms with Gasteiger partial charge in [-0.25, -0.2) is 0 Å². The zero-order valence-corrected chi connectivity index (χ0v) is 20.2. The van der Waals surface area contributed by atoms with E-state index in [-0.39, 0.29) is 11.5 Å². The van der Waals surface area contributed by atoms with Gasteiger partial charge in [-0.15, -0.1) is 0 Å². The van der Waals surface area contributed by atoms with Crippen molar-refractivity contribution in [1.29, 1.82) is 0 Å². The van der Waals surface area contributed by atoms with Gasteiger partial charge in [0, 0.05) is 26.1 Å². The summed E-state index contributed by atoms with van der Waals surface area (Å²) in [6.07, 6.45) is 10.4. The third-order valence-corrected chi connectivity index (χ3v) is 9.06. The zero-order valence-electron chi connectivity index (χ0n) is 20.2. The van der Waals surface area contributed by atoms with Crippen LogP contribution in [0.5, 0.6) is 0 Å². The minimum absolute atomic E-state index is 0.267. The van der Waals surface area contributed by atoms with Gasteiger partial charge in [-0.1, -0.05) is 38.2 Å². The number of aliphatic hydroxyl groups is 2. The Bertz CT molecular complexity index is 781.